The number of nitrogen functional groups attached to an aromatic ring is 1. The molecule has 0 unspecified atom stereocenters. The molecular formula is C14H20N2O3. The molecule has 0 radical (unpaired) electrons. The quantitative estimate of drug-likeness (QED) is 0.599. The van der Waals surface area contributed by atoms with Gasteiger partial charge >= 0.3 is 0 Å². The smallest absolute Gasteiger partial charge is 0.254 e. The Morgan fingerprint density at radius 1 is 1.42 bits per heavy atom. The number of carbonyl (C=O) groups is 1. The first-order valence-electron chi connectivity index (χ1n) is 5.96. The topological polar surface area (TPSA) is 64.8 Å². The molecule has 1 rings (SSSR count). The van der Waals surface area contributed by atoms with Gasteiger partial charge in [0.15, 0.2) is 0 Å². The van der Waals surface area contributed by atoms with Gasteiger partial charge in [-0.1, -0.05) is 6.08 Å². The first-order valence-corrected chi connectivity index (χ1v) is 5.96. The molecule has 19 heavy (non-hydrogen) atoms. The molecule has 0 aromatic heterocycles. The van der Waals surface area contributed by atoms with Crippen LogP contribution in [0, 0.1) is 0 Å². The molecule has 1 aromatic rings. The Morgan fingerprint density at radius 2 is 2.16 bits per heavy atom. The van der Waals surface area contributed by atoms with Gasteiger partial charge in [-0.05, 0) is 12.1 Å². The number of methoxy groups -OCH3 is 2. The minimum atomic E-state index is -0.123. The van der Waals surface area contributed by atoms with Gasteiger partial charge in [-0.15, -0.1) is 6.58 Å². The largest absolute Gasteiger partial charge is 0.497 e. The highest BCUT2D eigenvalue weighted by molar-refractivity contribution is 5.95. The maximum atomic E-state index is 12.4. The third kappa shape index (κ3) is 4.30. The summed E-state index contributed by atoms with van der Waals surface area (Å²) in [6.07, 6.45) is 1.68. The zero-order valence-corrected chi connectivity index (χ0v) is 11.4. The van der Waals surface area contributed by atoms with Crippen molar-refractivity contribution in [2.45, 2.75) is 0 Å². The van der Waals surface area contributed by atoms with Crippen LogP contribution in [0.5, 0.6) is 5.75 Å². The van der Waals surface area contributed by atoms with Crippen molar-refractivity contribution in [2.24, 2.45) is 0 Å². The van der Waals surface area contributed by atoms with Gasteiger partial charge in [0.1, 0.15) is 5.75 Å². The second kappa shape index (κ2) is 7.43. The number of hydrogen-bond acceptors (Lipinski definition) is 4. The second-order valence-corrected chi connectivity index (χ2v) is 4.03. The fourth-order valence-corrected chi connectivity index (χ4v) is 1.68. The van der Waals surface area contributed by atoms with Crippen LogP contribution in [0.15, 0.2) is 30.9 Å². The van der Waals surface area contributed by atoms with Crippen LogP contribution in [0.3, 0.4) is 0 Å². The molecule has 0 bridgehead atoms. The van der Waals surface area contributed by atoms with Crippen molar-refractivity contribution in [3.05, 3.63) is 36.4 Å². The van der Waals surface area contributed by atoms with E-state index in [1.54, 1.807) is 36.3 Å². The van der Waals surface area contributed by atoms with E-state index in [2.05, 4.69) is 6.58 Å². The highest BCUT2D eigenvalue weighted by Crippen LogP contribution is 2.19. The van der Waals surface area contributed by atoms with Crippen LogP contribution in [0.1, 0.15) is 10.4 Å². The summed E-state index contributed by atoms with van der Waals surface area (Å²) < 4.78 is 10.1. The number of carbonyl (C=O) groups excluding carboxylic acids is 1. The summed E-state index contributed by atoms with van der Waals surface area (Å²) in [7, 11) is 3.13. The first kappa shape index (κ1) is 15.0. The molecule has 0 atom stereocenters. The summed E-state index contributed by atoms with van der Waals surface area (Å²) in [4.78, 5) is 14.0. The van der Waals surface area contributed by atoms with Crippen LogP contribution >= 0.6 is 0 Å². The van der Waals surface area contributed by atoms with Crippen LogP contribution in [0.2, 0.25) is 0 Å². The predicted octanol–water partition coefficient (Wildman–Crippen LogP) is 1.55. The normalized spacial score (nSPS) is 10.0. The lowest BCUT2D eigenvalue weighted by Crippen LogP contribution is -2.34. The van der Waals surface area contributed by atoms with Gasteiger partial charge in [0, 0.05) is 37.5 Å². The number of hydrogen-bond donors (Lipinski definition) is 1. The van der Waals surface area contributed by atoms with Gasteiger partial charge in [-0.3, -0.25) is 4.79 Å². The molecule has 1 amide bonds. The fourth-order valence-electron chi connectivity index (χ4n) is 1.68. The number of ether oxygens (including phenoxy) is 2. The Balaban J connectivity index is 2.94. The fraction of sp³-hybridized carbons (Fsp3) is 0.357. The van der Waals surface area contributed by atoms with Crippen LogP contribution < -0.4 is 10.5 Å². The summed E-state index contributed by atoms with van der Waals surface area (Å²) in [6, 6.07) is 4.97. The van der Waals surface area contributed by atoms with Crippen LogP contribution in [-0.2, 0) is 4.74 Å². The highest BCUT2D eigenvalue weighted by atomic mass is 16.5. The molecule has 104 valence electrons. The van der Waals surface area contributed by atoms with E-state index in [1.807, 2.05) is 0 Å². The summed E-state index contributed by atoms with van der Waals surface area (Å²) >= 11 is 0. The molecule has 0 aliphatic heterocycles. The number of anilines is 1. The standard InChI is InChI=1S/C14H20N2O3/c1-4-5-16(6-7-18-2)14(17)11-8-12(15)10-13(9-11)19-3/h4,8-10H,1,5-7,15H2,2-3H3. The summed E-state index contributed by atoms with van der Waals surface area (Å²) in [5.41, 5.74) is 6.74. The Bertz CT molecular complexity index is 446. The summed E-state index contributed by atoms with van der Waals surface area (Å²) in [6.45, 7) is 5.08. The summed E-state index contributed by atoms with van der Waals surface area (Å²) in [5, 5.41) is 0. The van der Waals surface area contributed by atoms with Crippen molar-refractivity contribution in [1.29, 1.82) is 0 Å². The molecule has 0 saturated carbocycles. The van der Waals surface area contributed by atoms with Crippen LogP contribution in [0.25, 0.3) is 0 Å². The van der Waals surface area contributed by atoms with E-state index in [-0.39, 0.29) is 5.91 Å². The number of amides is 1. The molecular weight excluding hydrogens is 244 g/mol. The Labute approximate surface area is 113 Å². The van der Waals surface area contributed by atoms with Gasteiger partial charge in [-0.2, -0.15) is 0 Å². The maximum absolute atomic E-state index is 12.4. The van der Waals surface area contributed by atoms with Crippen molar-refractivity contribution in [3.8, 4) is 5.75 Å². The van der Waals surface area contributed by atoms with Crippen molar-refractivity contribution < 1.29 is 14.3 Å². The summed E-state index contributed by atoms with van der Waals surface area (Å²) in [5.74, 6) is 0.441. The van der Waals surface area contributed by atoms with E-state index < -0.39 is 0 Å². The average Bonchev–Trinajstić information content (AvgIpc) is 2.41. The van der Waals surface area contributed by atoms with Crippen molar-refractivity contribution in [1.82, 2.24) is 4.90 Å². The van der Waals surface area contributed by atoms with Crippen LogP contribution in [-0.4, -0.2) is 44.7 Å². The molecule has 5 heteroatoms. The molecule has 2 N–H and O–H groups in total. The van der Waals surface area contributed by atoms with Gasteiger partial charge in [0.05, 0.1) is 13.7 Å². The lowest BCUT2D eigenvalue weighted by Gasteiger charge is -2.21. The van der Waals surface area contributed by atoms with Gasteiger partial charge < -0.3 is 20.1 Å². The van der Waals surface area contributed by atoms with E-state index in [0.717, 1.165) is 0 Å². The lowest BCUT2D eigenvalue weighted by atomic mass is 10.1. The lowest BCUT2D eigenvalue weighted by molar-refractivity contribution is 0.0718. The van der Waals surface area contributed by atoms with Crippen molar-refractivity contribution >= 4 is 11.6 Å². The van der Waals surface area contributed by atoms with E-state index >= 15 is 0 Å². The van der Waals surface area contributed by atoms with Gasteiger partial charge in [0.2, 0.25) is 0 Å². The number of rotatable bonds is 7. The Kier molecular flexibility index (Phi) is 5.89. The van der Waals surface area contributed by atoms with E-state index in [1.165, 1.54) is 7.11 Å². The average molecular weight is 264 g/mol. The van der Waals surface area contributed by atoms with Crippen LogP contribution in [0.4, 0.5) is 5.69 Å². The minimum absolute atomic E-state index is 0.123. The Hall–Kier alpha value is -2.01. The van der Waals surface area contributed by atoms with E-state index in [4.69, 9.17) is 15.2 Å². The SMILES string of the molecule is C=CCN(CCOC)C(=O)c1cc(N)cc(OC)c1. The number of nitrogens with two attached hydrogens (primary N) is 1. The molecule has 0 aliphatic carbocycles. The third-order valence-corrected chi connectivity index (χ3v) is 2.61. The molecule has 1 aromatic carbocycles. The zero-order valence-electron chi connectivity index (χ0n) is 11.4. The molecule has 0 aliphatic rings. The zero-order chi connectivity index (χ0) is 14.3. The molecule has 0 heterocycles. The minimum Gasteiger partial charge on any atom is -0.497 e. The number of benzene rings is 1. The third-order valence-electron chi connectivity index (χ3n) is 2.61. The number of nitrogens with zero attached hydrogens (tertiary/aromatic N) is 1. The monoisotopic (exact) mass is 264 g/mol. The molecule has 0 saturated heterocycles. The van der Waals surface area contributed by atoms with Crippen molar-refractivity contribution in [2.75, 3.05) is 39.6 Å². The van der Waals surface area contributed by atoms with E-state index in [9.17, 15) is 4.79 Å². The second-order valence-electron chi connectivity index (χ2n) is 4.03. The molecule has 5 nitrogen and oxygen atoms in total. The van der Waals surface area contributed by atoms with Gasteiger partial charge in [0.25, 0.3) is 5.91 Å². The molecule has 0 fully saturated rings. The predicted molar refractivity (Wildman–Crippen MR) is 75.4 cm³/mol. The Morgan fingerprint density at radius 3 is 2.74 bits per heavy atom. The molecule has 0 spiro atoms. The van der Waals surface area contributed by atoms with Crippen molar-refractivity contribution in [3.63, 3.8) is 0 Å². The highest BCUT2D eigenvalue weighted by Gasteiger charge is 2.15. The maximum Gasteiger partial charge on any atom is 0.254 e. The van der Waals surface area contributed by atoms with E-state index in [0.29, 0.717) is 36.7 Å². The first-order chi connectivity index (χ1) is 9.12. The van der Waals surface area contributed by atoms with Gasteiger partial charge in [-0.25, -0.2) is 0 Å².